The van der Waals surface area contributed by atoms with E-state index in [-0.39, 0.29) is 24.3 Å². The maximum Gasteiger partial charge on any atom is 0.307 e. The van der Waals surface area contributed by atoms with Gasteiger partial charge in [0.2, 0.25) is 0 Å². The lowest BCUT2D eigenvalue weighted by atomic mass is 10.2. The zero-order valence-electron chi connectivity index (χ0n) is 14.2. The van der Waals surface area contributed by atoms with Crippen LogP contribution >= 0.6 is 15.9 Å². The van der Waals surface area contributed by atoms with Crippen molar-refractivity contribution in [1.82, 2.24) is 9.88 Å². The first-order chi connectivity index (χ1) is 11.3. The van der Waals surface area contributed by atoms with Crippen molar-refractivity contribution in [2.45, 2.75) is 33.2 Å². The predicted molar refractivity (Wildman–Crippen MR) is 96.5 cm³/mol. The number of carbonyl (C=O) groups excluding carboxylic acids is 2. The molecule has 0 aliphatic heterocycles. The van der Waals surface area contributed by atoms with E-state index in [1.165, 1.54) is 7.11 Å². The van der Waals surface area contributed by atoms with Crippen molar-refractivity contribution < 1.29 is 14.3 Å². The van der Waals surface area contributed by atoms with Gasteiger partial charge in [-0.2, -0.15) is 0 Å². The number of halogens is 1. The number of rotatable bonds is 5. The summed E-state index contributed by atoms with van der Waals surface area (Å²) in [6.07, 6.45) is 0.147. The van der Waals surface area contributed by atoms with Gasteiger partial charge in [-0.3, -0.25) is 9.59 Å². The molecule has 1 amide bonds. The van der Waals surface area contributed by atoms with Crippen molar-refractivity contribution in [2.24, 2.45) is 0 Å². The molecule has 1 heterocycles. The first-order valence-electron chi connectivity index (χ1n) is 7.66. The Labute approximate surface area is 150 Å². The van der Waals surface area contributed by atoms with Gasteiger partial charge < -0.3 is 14.6 Å². The van der Waals surface area contributed by atoms with Gasteiger partial charge in [0.05, 0.1) is 19.1 Å². The molecule has 0 fully saturated rings. The molecule has 5 nitrogen and oxygen atoms in total. The van der Waals surface area contributed by atoms with Gasteiger partial charge in [0, 0.05) is 27.6 Å². The van der Waals surface area contributed by atoms with Crippen molar-refractivity contribution in [1.29, 1.82) is 0 Å². The lowest BCUT2D eigenvalue weighted by Crippen LogP contribution is -2.34. The van der Waals surface area contributed by atoms with E-state index in [4.69, 9.17) is 0 Å². The van der Waals surface area contributed by atoms with Gasteiger partial charge in [-0.15, -0.1) is 0 Å². The average Bonchev–Trinajstić information content (AvgIpc) is 2.83. The summed E-state index contributed by atoms with van der Waals surface area (Å²) in [7, 11) is 1.34. The van der Waals surface area contributed by atoms with Gasteiger partial charge in [-0.25, -0.2) is 0 Å². The average molecular weight is 393 g/mol. The van der Waals surface area contributed by atoms with Crippen LogP contribution in [0.2, 0.25) is 0 Å². The van der Waals surface area contributed by atoms with Crippen LogP contribution in [0, 0.1) is 13.8 Å². The van der Waals surface area contributed by atoms with Crippen LogP contribution in [0.1, 0.15) is 35.1 Å². The summed E-state index contributed by atoms with van der Waals surface area (Å²) in [4.78, 5) is 23.8. The molecule has 1 aromatic carbocycles. The quantitative estimate of drug-likeness (QED) is 0.791. The van der Waals surface area contributed by atoms with Crippen molar-refractivity contribution in [3.05, 3.63) is 51.8 Å². The molecule has 0 radical (unpaired) electrons. The van der Waals surface area contributed by atoms with Crippen LogP contribution < -0.4 is 5.32 Å². The minimum atomic E-state index is -0.344. The number of methoxy groups -OCH3 is 1. The van der Waals surface area contributed by atoms with Gasteiger partial charge in [0.1, 0.15) is 0 Å². The third-order valence-electron chi connectivity index (χ3n) is 3.84. The highest BCUT2D eigenvalue weighted by Crippen LogP contribution is 2.22. The molecule has 0 bridgehead atoms. The molecule has 1 N–H and O–H groups in total. The number of aryl methyl sites for hydroxylation is 1. The number of esters is 1. The number of hydrogen-bond acceptors (Lipinski definition) is 3. The molecule has 0 aliphatic carbocycles. The van der Waals surface area contributed by atoms with Crippen molar-refractivity contribution in [3.8, 4) is 5.69 Å². The van der Waals surface area contributed by atoms with Crippen LogP contribution in [-0.4, -0.2) is 29.6 Å². The number of nitrogens with one attached hydrogen (secondary N) is 1. The molecule has 1 aromatic heterocycles. The predicted octanol–water partition coefficient (Wildman–Crippen LogP) is 3.54. The summed E-state index contributed by atoms with van der Waals surface area (Å²) in [6, 6.07) is 9.48. The van der Waals surface area contributed by atoms with E-state index in [2.05, 4.69) is 26.0 Å². The highest BCUT2D eigenvalue weighted by molar-refractivity contribution is 9.10. The second-order valence-corrected chi connectivity index (χ2v) is 6.67. The second kappa shape index (κ2) is 7.66. The molecular weight excluding hydrogens is 372 g/mol. The van der Waals surface area contributed by atoms with E-state index in [0.717, 1.165) is 21.5 Å². The maximum atomic E-state index is 12.5. The van der Waals surface area contributed by atoms with E-state index in [1.54, 1.807) is 6.92 Å². The Morgan fingerprint density at radius 3 is 2.46 bits per heavy atom. The fourth-order valence-electron chi connectivity index (χ4n) is 2.67. The zero-order valence-corrected chi connectivity index (χ0v) is 15.8. The zero-order chi connectivity index (χ0) is 17.9. The van der Waals surface area contributed by atoms with Gasteiger partial charge in [-0.1, -0.05) is 15.9 Å². The van der Waals surface area contributed by atoms with Crippen LogP contribution in [0.3, 0.4) is 0 Å². The summed E-state index contributed by atoms with van der Waals surface area (Å²) < 4.78 is 7.66. The Bertz CT molecular complexity index is 750. The van der Waals surface area contributed by atoms with Gasteiger partial charge in [0.15, 0.2) is 0 Å². The van der Waals surface area contributed by atoms with Crippen LogP contribution in [0.4, 0.5) is 0 Å². The fraction of sp³-hybridized carbons (Fsp3) is 0.333. The smallest absolute Gasteiger partial charge is 0.307 e. The van der Waals surface area contributed by atoms with E-state index in [9.17, 15) is 9.59 Å². The molecule has 2 rings (SSSR count). The molecule has 1 unspecified atom stereocenters. The Morgan fingerprint density at radius 2 is 1.88 bits per heavy atom. The standard InChI is InChI=1S/C18H21BrN2O3/c1-11(9-17(22)24-4)20-18(23)16-10-12(2)21(13(16)3)15-7-5-14(19)6-8-15/h5-8,10-11H,9H2,1-4H3,(H,20,23). The monoisotopic (exact) mass is 392 g/mol. The summed E-state index contributed by atoms with van der Waals surface area (Å²) in [5.41, 5.74) is 3.43. The number of nitrogens with zero attached hydrogens (tertiary/aromatic N) is 1. The maximum absolute atomic E-state index is 12.5. The van der Waals surface area contributed by atoms with E-state index in [0.29, 0.717) is 5.56 Å². The molecule has 24 heavy (non-hydrogen) atoms. The highest BCUT2D eigenvalue weighted by atomic mass is 79.9. The van der Waals surface area contributed by atoms with Crippen LogP contribution in [0.25, 0.3) is 5.69 Å². The number of benzene rings is 1. The Morgan fingerprint density at radius 1 is 1.25 bits per heavy atom. The van der Waals surface area contributed by atoms with Gasteiger partial charge >= 0.3 is 5.97 Å². The third kappa shape index (κ3) is 4.06. The number of aromatic nitrogens is 1. The summed E-state index contributed by atoms with van der Waals surface area (Å²) >= 11 is 3.42. The Hall–Kier alpha value is -2.08. The van der Waals surface area contributed by atoms with Crippen LogP contribution in [0.15, 0.2) is 34.8 Å². The number of ether oxygens (including phenoxy) is 1. The van der Waals surface area contributed by atoms with Crippen molar-refractivity contribution >= 4 is 27.8 Å². The molecule has 0 saturated carbocycles. The first kappa shape index (κ1) is 18.3. The molecule has 2 aromatic rings. The second-order valence-electron chi connectivity index (χ2n) is 5.75. The van der Waals surface area contributed by atoms with Crippen molar-refractivity contribution in [2.75, 3.05) is 7.11 Å². The lowest BCUT2D eigenvalue weighted by Gasteiger charge is -2.13. The number of carbonyl (C=O) groups is 2. The highest BCUT2D eigenvalue weighted by Gasteiger charge is 2.19. The minimum Gasteiger partial charge on any atom is -0.469 e. The number of hydrogen-bond donors (Lipinski definition) is 1. The molecule has 6 heteroatoms. The minimum absolute atomic E-state index is 0.147. The van der Waals surface area contributed by atoms with Crippen molar-refractivity contribution in [3.63, 3.8) is 0 Å². The van der Waals surface area contributed by atoms with E-state index in [1.807, 2.05) is 48.7 Å². The molecule has 0 spiro atoms. The van der Waals surface area contributed by atoms with E-state index >= 15 is 0 Å². The fourth-order valence-corrected chi connectivity index (χ4v) is 2.93. The molecular formula is C18H21BrN2O3. The number of amides is 1. The molecule has 0 saturated heterocycles. The van der Waals surface area contributed by atoms with Crippen LogP contribution in [-0.2, 0) is 9.53 Å². The molecule has 128 valence electrons. The van der Waals surface area contributed by atoms with Gasteiger partial charge in [0.25, 0.3) is 5.91 Å². The van der Waals surface area contributed by atoms with E-state index < -0.39 is 0 Å². The first-order valence-corrected chi connectivity index (χ1v) is 8.45. The lowest BCUT2D eigenvalue weighted by molar-refractivity contribution is -0.141. The summed E-state index contributed by atoms with van der Waals surface area (Å²) in [5.74, 6) is -0.536. The Kier molecular flexibility index (Phi) is 5.83. The summed E-state index contributed by atoms with van der Waals surface area (Å²) in [5, 5.41) is 2.84. The van der Waals surface area contributed by atoms with Gasteiger partial charge in [-0.05, 0) is 51.1 Å². The SMILES string of the molecule is COC(=O)CC(C)NC(=O)c1cc(C)n(-c2ccc(Br)cc2)c1C. The third-order valence-corrected chi connectivity index (χ3v) is 4.37. The molecule has 0 aliphatic rings. The largest absolute Gasteiger partial charge is 0.469 e. The van der Waals surface area contributed by atoms with Crippen LogP contribution in [0.5, 0.6) is 0 Å². The summed E-state index contributed by atoms with van der Waals surface area (Å²) in [6.45, 7) is 5.65. The Balaban J connectivity index is 2.23. The normalized spacial score (nSPS) is 11.9. The molecule has 1 atom stereocenters. The topological polar surface area (TPSA) is 60.3 Å².